The second kappa shape index (κ2) is 4.91. The third kappa shape index (κ3) is 4.59. The Hall–Kier alpha value is -0.660. The van der Waals surface area contributed by atoms with Gasteiger partial charge in [-0.1, -0.05) is 0 Å². The smallest absolute Gasteiger partial charge is 0.320 e. The molecule has 0 bridgehead atoms. The van der Waals surface area contributed by atoms with Crippen LogP contribution in [-0.2, 0) is 19.6 Å². The lowest BCUT2D eigenvalue weighted by Crippen LogP contribution is -2.43. The van der Waals surface area contributed by atoms with Crippen LogP contribution in [-0.4, -0.2) is 44.0 Å². The monoisotopic (exact) mass is 237 g/mol. The highest BCUT2D eigenvalue weighted by atomic mass is 32.2. The minimum Gasteiger partial charge on any atom is -0.480 e. The van der Waals surface area contributed by atoms with Crippen molar-refractivity contribution in [2.24, 2.45) is 0 Å². The Kier molecular flexibility index (Phi) is 4.06. The van der Waals surface area contributed by atoms with Crippen LogP contribution < -0.4 is 4.72 Å². The van der Waals surface area contributed by atoms with Crippen molar-refractivity contribution in [3.63, 3.8) is 0 Å². The zero-order chi connectivity index (χ0) is 11.5. The van der Waals surface area contributed by atoms with Crippen LogP contribution in [0, 0.1) is 0 Å². The molecule has 1 saturated heterocycles. The number of nitrogens with one attached hydrogen (secondary N) is 1. The Balaban J connectivity index is 2.49. The molecule has 0 amide bonds. The minimum atomic E-state index is -3.71. The molecule has 1 aliphatic heterocycles. The molecule has 1 rings (SSSR count). The Morgan fingerprint density at radius 3 is 2.80 bits per heavy atom. The average molecular weight is 237 g/mol. The number of carboxylic acid groups (broad SMARTS) is 1. The molecule has 1 heterocycles. The SMILES string of the molecule is CC1CC(NS(=O)(=O)CC(=O)O)CCO1. The molecule has 6 nitrogen and oxygen atoms in total. The van der Waals surface area contributed by atoms with Crippen molar-refractivity contribution in [2.45, 2.75) is 31.9 Å². The summed E-state index contributed by atoms with van der Waals surface area (Å²) in [6, 6.07) is -0.210. The van der Waals surface area contributed by atoms with Crippen LogP contribution in [0.1, 0.15) is 19.8 Å². The zero-order valence-corrected chi connectivity index (χ0v) is 9.29. The lowest BCUT2D eigenvalue weighted by Gasteiger charge is -2.27. The van der Waals surface area contributed by atoms with Gasteiger partial charge in [-0.2, -0.15) is 0 Å². The Morgan fingerprint density at radius 1 is 1.60 bits per heavy atom. The Bertz CT molecular complexity index is 326. The second-order valence-electron chi connectivity index (χ2n) is 3.67. The maximum absolute atomic E-state index is 11.3. The largest absolute Gasteiger partial charge is 0.480 e. The number of hydrogen-bond donors (Lipinski definition) is 2. The van der Waals surface area contributed by atoms with Gasteiger partial charge in [-0.15, -0.1) is 0 Å². The van der Waals surface area contributed by atoms with E-state index in [0.717, 1.165) is 0 Å². The number of carbonyl (C=O) groups is 1. The van der Waals surface area contributed by atoms with Gasteiger partial charge in [0.1, 0.15) is 0 Å². The predicted octanol–water partition coefficient (Wildman–Crippen LogP) is -0.442. The summed E-state index contributed by atoms with van der Waals surface area (Å²) in [5.41, 5.74) is 0. The molecule has 2 N–H and O–H groups in total. The number of aliphatic carboxylic acids is 1. The minimum absolute atomic E-state index is 0.0104. The quantitative estimate of drug-likeness (QED) is 0.691. The maximum atomic E-state index is 11.3. The van der Waals surface area contributed by atoms with E-state index >= 15 is 0 Å². The van der Waals surface area contributed by atoms with Gasteiger partial charge in [0.15, 0.2) is 5.75 Å². The average Bonchev–Trinajstić information content (AvgIpc) is 1.99. The molecule has 0 aromatic heterocycles. The van der Waals surface area contributed by atoms with E-state index in [9.17, 15) is 13.2 Å². The molecule has 1 fully saturated rings. The summed E-state index contributed by atoms with van der Waals surface area (Å²) in [6.07, 6.45) is 1.18. The zero-order valence-electron chi connectivity index (χ0n) is 8.47. The molecular weight excluding hydrogens is 222 g/mol. The van der Waals surface area contributed by atoms with Gasteiger partial charge in [0, 0.05) is 12.6 Å². The van der Waals surface area contributed by atoms with Gasteiger partial charge in [-0.05, 0) is 19.8 Å². The third-order valence-electron chi connectivity index (χ3n) is 2.14. The molecular formula is C8H15NO5S. The molecule has 0 aromatic rings. The molecule has 2 atom stereocenters. The van der Waals surface area contributed by atoms with E-state index in [1.165, 1.54) is 0 Å². The molecule has 0 radical (unpaired) electrons. The fraction of sp³-hybridized carbons (Fsp3) is 0.875. The van der Waals surface area contributed by atoms with Gasteiger partial charge in [-0.3, -0.25) is 4.79 Å². The van der Waals surface area contributed by atoms with Crippen LogP contribution in [0.15, 0.2) is 0 Å². The van der Waals surface area contributed by atoms with E-state index in [1.807, 2.05) is 6.92 Å². The normalized spacial score (nSPS) is 27.5. The van der Waals surface area contributed by atoms with Crippen molar-refractivity contribution in [3.05, 3.63) is 0 Å². The highest BCUT2D eigenvalue weighted by Gasteiger charge is 2.25. The number of hydrogen-bond acceptors (Lipinski definition) is 4. The van der Waals surface area contributed by atoms with Gasteiger partial charge in [0.25, 0.3) is 0 Å². The highest BCUT2D eigenvalue weighted by Crippen LogP contribution is 2.13. The first-order valence-electron chi connectivity index (χ1n) is 4.72. The number of ether oxygens (including phenoxy) is 1. The van der Waals surface area contributed by atoms with Crippen molar-refractivity contribution in [2.75, 3.05) is 12.4 Å². The lowest BCUT2D eigenvalue weighted by molar-refractivity contribution is -0.134. The topological polar surface area (TPSA) is 92.7 Å². The van der Waals surface area contributed by atoms with Crippen LogP contribution in [0.4, 0.5) is 0 Å². The summed E-state index contributed by atoms with van der Waals surface area (Å²) in [7, 11) is -3.71. The van der Waals surface area contributed by atoms with Crippen molar-refractivity contribution >= 4 is 16.0 Å². The lowest BCUT2D eigenvalue weighted by atomic mass is 10.1. The maximum Gasteiger partial charge on any atom is 0.320 e. The summed E-state index contributed by atoms with van der Waals surface area (Å²) in [5.74, 6) is -2.22. The van der Waals surface area contributed by atoms with Crippen LogP contribution in [0.2, 0.25) is 0 Å². The highest BCUT2D eigenvalue weighted by molar-refractivity contribution is 7.90. The molecule has 0 aliphatic carbocycles. The summed E-state index contributed by atoms with van der Waals surface area (Å²) < 4.78 is 30.2. The molecule has 0 saturated carbocycles. The van der Waals surface area contributed by atoms with Gasteiger partial charge in [-0.25, -0.2) is 13.1 Å². The van der Waals surface area contributed by atoms with E-state index in [-0.39, 0.29) is 12.1 Å². The number of sulfonamides is 1. The summed E-state index contributed by atoms with van der Waals surface area (Å²) in [4.78, 5) is 10.3. The first kappa shape index (κ1) is 12.4. The van der Waals surface area contributed by atoms with E-state index in [0.29, 0.717) is 19.4 Å². The molecule has 7 heteroatoms. The number of rotatable bonds is 4. The predicted molar refractivity (Wildman–Crippen MR) is 53.0 cm³/mol. The molecule has 0 spiro atoms. The van der Waals surface area contributed by atoms with Crippen LogP contribution in [0.3, 0.4) is 0 Å². The molecule has 0 aromatic carbocycles. The van der Waals surface area contributed by atoms with Crippen molar-refractivity contribution in [3.8, 4) is 0 Å². The Labute approximate surface area is 88.7 Å². The third-order valence-corrected chi connectivity index (χ3v) is 3.46. The molecule has 15 heavy (non-hydrogen) atoms. The summed E-state index contributed by atoms with van der Waals surface area (Å²) >= 11 is 0. The number of carboxylic acids is 1. The van der Waals surface area contributed by atoms with E-state index in [2.05, 4.69) is 4.72 Å². The van der Waals surface area contributed by atoms with Crippen LogP contribution in [0.5, 0.6) is 0 Å². The summed E-state index contributed by atoms with van der Waals surface area (Å²) in [6.45, 7) is 2.36. The van der Waals surface area contributed by atoms with Crippen LogP contribution >= 0.6 is 0 Å². The first-order chi connectivity index (χ1) is 6.89. The fourth-order valence-electron chi connectivity index (χ4n) is 1.56. The first-order valence-corrected chi connectivity index (χ1v) is 6.37. The van der Waals surface area contributed by atoms with E-state index in [4.69, 9.17) is 9.84 Å². The van der Waals surface area contributed by atoms with Gasteiger partial charge in [0.2, 0.25) is 10.0 Å². The molecule has 88 valence electrons. The molecule has 2 unspecified atom stereocenters. The molecule has 1 aliphatic rings. The van der Waals surface area contributed by atoms with Crippen molar-refractivity contribution in [1.82, 2.24) is 4.72 Å². The second-order valence-corrected chi connectivity index (χ2v) is 5.43. The van der Waals surface area contributed by atoms with Gasteiger partial charge in [0.05, 0.1) is 6.10 Å². The van der Waals surface area contributed by atoms with Gasteiger partial charge < -0.3 is 9.84 Å². The van der Waals surface area contributed by atoms with E-state index < -0.39 is 21.7 Å². The standard InChI is InChI=1S/C8H15NO5S/c1-6-4-7(2-3-14-6)9-15(12,13)5-8(10)11/h6-7,9H,2-5H2,1H3,(H,10,11). The van der Waals surface area contributed by atoms with Crippen molar-refractivity contribution < 1.29 is 23.1 Å². The van der Waals surface area contributed by atoms with Gasteiger partial charge >= 0.3 is 5.97 Å². The van der Waals surface area contributed by atoms with Crippen LogP contribution in [0.25, 0.3) is 0 Å². The van der Waals surface area contributed by atoms with Crippen molar-refractivity contribution in [1.29, 1.82) is 0 Å². The summed E-state index contributed by atoms with van der Waals surface area (Å²) in [5, 5.41) is 8.39. The fourth-order valence-corrected chi connectivity index (χ4v) is 2.69. The van der Waals surface area contributed by atoms with E-state index in [1.54, 1.807) is 0 Å². The Morgan fingerprint density at radius 2 is 2.27 bits per heavy atom.